The highest BCUT2D eigenvalue weighted by Crippen LogP contribution is 2.30. The first-order valence-electron chi connectivity index (χ1n) is 14.7. The minimum atomic E-state index is -0.442. The Morgan fingerprint density at radius 3 is 2.26 bits per heavy atom. The number of nitrogens with zero attached hydrogens (tertiary/aromatic N) is 4. The molecular weight excluding hydrogens is 598 g/mol. The van der Waals surface area contributed by atoms with Gasteiger partial charge in [0.05, 0.1) is 28.0 Å². The molecule has 11 nitrogen and oxygen atoms in total. The second kappa shape index (κ2) is 13.7. The fraction of sp³-hybridized carbons (Fsp3) is 0.111. The molecule has 3 heterocycles. The normalized spacial score (nSPS) is 11.0. The monoisotopic (exact) mass is 629 g/mol. The van der Waals surface area contributed by atoms with Crippen molar-refractivity contribution in [2.24, 2.45) is 0 Å². The largest absolute Gasteiger partial charge is 0.378 e. The van der Waals surface area contributed by atoms with Crippen molar-refractivity contribution in [2.75, 3.05) is 19.0 Å². The minimum Gasteiger partial charge on any atom is -0.378 e. The molecule has 0 spiro atoms. The van der Waals surface area contributed by atoms with Crippen molar-refractivity contribution in [2.45, 2.75) is 13.2 Å². The Labute approximate surface area is 269 Å². The van der Waals surface area contributed by atoms with E-state index in [9.17, 15) is 14.8 Å². The van der Waals surface area contributed by atoms with Gasteiger partial charge in [-0.15, -0.1) is 5.73 Å². The van der Waals surface area contributed by atoms with E-state index in [1.165, 1.54) is 9.25 Å². The van der Waals surface area contributed by atoms with Gasteiger partial charge in [0.1, 0.15) is 18.9 Å². The Hall–Kier alpha value is -5.81. The topological polar surface area (TPSA) is 135 Å². The van der Waals surface area contributed by atoms with Gasteiger partial charge in [-0.3, -0.25) is 34.8 Å². The van der Waals surface area contributed by atoms with E-state index in [4.69, 9.17) is 5.26 Å². The van der Waals surface area contributed by atoms with Crippen LogP contribution in [0.3, 0.4) is 0 Å². The number of para-hydroxylation sites is 1. The van der Waals surface area contributed by atoms with E-state index < -0.39 is 11.1 Å². The van der Waals surface area contributed by atoms with Crippen molar-refractivity contribution in [3.05, 3.63) is 146 Å². The van der Waals surface area contributed by atoms with Crippen molar-refractivity contribution in [3.8, 4) is 22.6 Å². The van der Waals surface area contributed by atoms with Crippen LogP contribution in [0.5, 0.6) is 0 Å². The molecule has 0 atom stereocenters. The van der Waals surface area contributed by atoms with Crippen molar-refractivity contribution >= 4 is 28.9 Å². The van der Waals surface area contributed by atoms with Crippen molar-refractivity contribution < 1.29 is 20.3 Å². The zero-order valence-corrected chi connectivity index (χ0v) is 25.6. The quantitative estimate of drug-likeness (QED) is 0.0969. The predicted octanol–water partition coefficient (Wildman–Crippen LogP) is 5.90. The average Bonchev–Trinajstić information content (AvgIpc) is 3.42. The van der Waals surface area contributed by atoms with Crippen LogP contribution in [0.2, 0.25) is 0 Å². The third kappa shape index (κ3) is 6.21. The number of aromatic amines is 1. The minimum absolute atomic E-state index is 0.0333. The molecule has 0 unspecified atom stereocenters. The number of hydrogen-bond donors (Lipinski definition) is 3. The van der Waals surface area contributed by atoms with Crippen molar-refractivity contribution in [3.63, 3.8) is 0 Å². The Morgan fingerprint density at radius 1 is 0.851 bits per heavy atom. The number of aromatic nitrogens is 4. The highest BCUT2D eigenvalue weighted by molar-refractivity contribution is 5.97. The summed E-state index contributed by atoms with van der Waals surface area (Å²) in [6, 6.07) is 27.0. The van der Waals surface area contributed by atoms with Crippen LogP contribution in [0, 0.1) is 0 Å². The van der Waals surface area contributed by atoms with Gasteiger partial charge >= 0.3 is 0 Å². The number of nitrogens with one attached hydrogen (secondary N) is 1. The standard InChI is InChI=1S/C36H31N5O6/c1-39(2)27-17-13-24(14-18-27)8-7-10-29-32(30-11-5-6-21-37-30)33-34(40(35(29)42)28-19-15-25(16-20-28)22-46-44)38-41(36(33)43)31-12-4-3-9-26(31)23-47-45/h3-6,8-21,38,44-45H,22-23H2,1-2H3. The molecule has 3 aromatic heterocycles. The van der Waals surface area contributed by atoms with Gasteiger partial charge < -0.3 is 4.90 Å². The van der Waals surface area contributed by atoms with Gasteiger partial charge in [0.2, 0.25) is 0 Å². The van der Waals surface area contributed by atoms with Crippen LogP contribution in [0.15, 0.2) is 113 Å². The molecule has 0 radical (unpaired) electrons. The molecule has 236 valence electrons. The molecule has 0 amide bonds. The summed E-state index contributed by atoms with van der Waals surface area (Å²) in [4.78, 5) is 44.2. The second-order valence-electron chi connectivity index (χ2n) is 10.9. The molecule has 0 saturated heterocycles. The lowest BCUT2D eigenvalue weighted by atomic mass is 10.0. The molecule has 0 saturated carbocycles. The predicted molar refractivity (Wildman–Crippen MR) is 181 cm³/mol. The van der Waals surface area contributed by atoms with Crippen LogP contribution in [-0.4, -0.2) is 43.9 Å². The summed E-state index contributed by atoms with van der Waals surface area (Å²) in [7, 11) is 3.93. The molecular formula is C36H31N5O6. The lowest BCUT2D eigenvalue weighted by molar-refractivity contribution is -0.253. The van der Waals surface area contributed by atoms with Gasteiger partial charge in [0.25, 0.3) is 11.1 Å². The molecule has 0 aliphatic heterocycles. The van der Waals surface area contributed by atoms with E-state index >= 15 is 0 Å². The highest BCUT2D eigenvalue weighted by atomic mass is 17.1. The first kappa shape index (κ1) is 31.2. The van der Waals surface area contributed by atoms with Crippen LogP contribution in [0.25, 0.3) is 45.8 Å². The molecule has 3 N–H and O–H groups in total. The van der Waals surface area contributed by atoms with E-state index in [0.717, 1.165) is 11.3 Å². The summed E-state index contributed by atoms with van der Waals surface area (Å²) in [5.41, 5.74) is 7.53. The Balaban J connectivity index is 1.68. The second-order valence-corrected chi connectivity index (χ2v) is 10.9. The fourth-order valence-corrected chi connectivity index (χ4v) is 5.43. The summed E-state index contributed by atoms with van der Waals surface area (Å²) in [6.45, 7) is -0.199. The number of H-pyrrole nitrogens is 1. The summed E-state index contributed by atoms with van der Waals surface area (Å²) in [5.74, 6) is 0. The van der Waals surface area contributed by atoms with Gasteiger partial charge in [0.15, 0.2) is 0 Å². The zero-order chi connectivity index (χ0) is 32.9. The number of anilines is 1. The van der Waals surface area contributed by atoms with E-state index in [1.54, 1.807) is 85.1 Å². The van der Waals surface area contributed by atoms with Crippen LogP contribution >= 0.6 is 0 Å². The molecule has 11 heteroatoms. The highest BCUT2D eigenvalue weighted by Gasteiger charge is 2.25. The smallest absolute Gasteiger partial charge is 0.281 e. The van der Waals surface area contributed by atoms with E-state index in [1.807, 2.05) is 43.3 Å². The SMILES string of the molecule is CN(C)c1ccc(C=C=Cc2c(-c3ccccn3)c3c(=O)n(-c4ccccc4COO)[nH]c3n(-c3ccc(COO)cc3)c2=O)cc1. The average molecular weight is 630 g/mol. The molecule has 3 aromatic carbocycles. The van der Waals surface area contributed by atoms with Gasteiger partial charge in [-0.2, -0.15) is 0 Å². The summed E-state index contributed by atoms with van der Waals surface area (Å²) < 4.78 is 2.75. The third-order valence-corrected chi connectivity index (χ3v) is 7.73. The van der Waals surface area contributed by atoms with E-state index in [0.29, 0.717) is 33.8 Å². The Kier molecular flexibility index (Phi) is 9.07. The van der Waals surface area contributed by atoms with Crippen LogP contribution in [0.4, 0.5) is 5.69 Å². The number of rotatable bonds is 10. The van der Waals surface area contributed by atoms with E-state index in [2.05, 4.69) is 25.6 Å². The summed E-state index contributed by atoms with van der Waals surface area (Å²) >= 11 is 0. The maximum atomic E-state index is 14.6. The molecule has 0 fully saturated rings. The molecule has 0 aliphatic carbocycles. The fourth-order valence-electron chi connectivity index (χ4n) is 5.43. The Bertz CT molecular complexity index is 2210. The number of fused-ring (bicyclic) bond motifs is 1. The number of benzene rings is 3. The molecule has 47 heavy (non-hydrogen) atoms. The van der Waals surface area contributed by atoms with Crippen LogP contribution in [0.1, 0.15) is 22.3 Å². The number of hydrogen-bond acceptors (Lipinski definition) is 8. The van der Waals surface area contributed by atoms with E-state index in [-0.39, 0.29) is 29.8 Å². The maximum Gasteiger partial charge on any atom is 0.281 e. The number of pyridine rings is 2. The summed E-state index contributed by atoms with van der Waals surface area (Å²) in [6.07, 6.45) is 4.93. The van der Waals surface area contributed by atoms with Gasteiger partial charge in [-0.1, -0.05) is 48.5 Å². The molecule has 6 aromatic rings. The van der Waals surface area contributed by atoms with Gasteiger partial charge in [-0.05, 0) is 65.7 Å². The zero-order valence-electron chi connectivity index (χ0n) is 25.6. The first-order valence-corrected chi connectivity index (χ1v) is 14.7. The van der Waals surface area contributed by atoms with Crippen LogP contribution < -0.4 is 16.0 Å². The maximum absolute atomic E-state index is 14.6. The third-order valence-electron chi connectivity index (χ3n) is 7.73. The first-order chi connectivity index (χ1) is 22.9. The van der Waals surface area contributed by atoms with Crippen molar-refractivity contribution in [1.82, 2.24) is 19.3 Å². The van der Waals surface area contributed by atoms with Gasteiger partial charge in [-0.25, -0.2) is 14.5 Å². The molecule has 0 aliphatic rings. The molecule has 0 bridgehead atoms. The summed E-state index contributed by atoms with van der Waals surface area (Å²) in [5, 5.41) is 21.5. The lowest BCUT2D eigenvalue weighted by Gasteiger charge is -2.13. The van der Waals surface area contributed by atoms with Crippen LogP contribution in [-0.2, 0) is 23.0 Å². The van der Waals surface area contributed by atoms with Crippen molar-refractivity contribution in [1.29, 1.82) is 0 Å². The van der Waals surface area contributed by atoms with Gasteiger partial charge in [0, 0.05) is 37.1 Å². The Morgan fingerprint density at radius 2 is 1.57 bits per heavy atom. The molecule has 6 rings (SSSR count). The lowest BCUT2D eigenvalue weighted by Crippen LogP contribution is -2.23.